The average molecular weight is 374 g/mol. The lowest BCUT2D eigenvalue weighted by Crippen LogP contribution is -2.52. The molecule has 0 fully saturated rings. The standard InChI is InChI=1S/C16H20F2O6Si/c1-4-14(19)22-25(23-15(20)5-2,24-16(21)6-3)10-11-7-8-12(17)9-13(11)18/h7-9H,4-6,10H2,1-3H3. The minimum atomic E-state index is -4.25. The normalized spacial score (nSPS) is 10.9. The number of hydrogen-bond donors (Lipinski definition) is 0. The zero-order valence-electron chi connectivity index (χ0n) is 14.3. The van der Waals surface area contributed by atoms with Crippen molar-refractivity contribution >= 4 is 26.7 Å². The molecule has 1 rings (SSSR count). The van der Waals surface area contributed by atoms with E-state index >= 15 is 0 Å². The Bertz CT molecular complexity index is 604. The van der Waals surface area contributed by atoms with Gasteiger partial charge in [-0.3, -0.25) is 14.4 Å². The third kappa shape index (κ3) is 6.26. The van der Waals surface area contributed by atoms with E-state index in [-0.39, 0.29) is 24.8 Å². The van der Waals surface area contributed by atoms with Gasteiger partial charge in [-0.2, -0.15) is 0 Å². The second-order valence-electron chi connectivity index (χ2n) is 5.08. The second-order valence-corrected chi connectivity index (χ2v) is 7.41. The highest BCUT2D eigenvalue weighted by Gasteiger charge is 2.53. The molecule has 0 aromatic heterocycles. The van der Waals surface area contributed by atoms with Crippen LogP contribution in [0.3, 0.4) is 0 Å². The highest BCUT2D eigenvalue weighted by molar-refractivity contribution is 6.65. The van der Waals surface area contributed by atoms with E-state index in [2.05, 4.69) is 0 Å². The quantitative estimate of drug-likeness (QED) is 0.651. The molecule has 0 aliphatic carbocycles. The van der Waals surface area contributed by atoms with Crippen molar-refractivity contribution in [2.45, 2.75) is 46.1 Å². The first-order valence-electron chi connectivity index (χ1n) is 7.84. The van der Waals surface area contributed by atoms with E-state index in [1.807, 2.05) is 0 Å². The van der Waals surface area contributed by atoms with Crippen LogP contribution in [0.1, 0.15) is 45.6 Å². The number of hydrogen-bond acceptors (Lipinski definition) is 6. The van der Waals surface area contributed by atoms with Crippen molar-refractivity contribution in [3.63, 3.8) is 0 Å². The first-order valence-corrected chi connectivity index (χ1v) is 9.77. The molecule has 6 nitrogen and oxygen atoms in total. The largest absolute Gasteiger partial charge is 0.709 e. The van der Waals surface area contributed by atoms with Crippen molar-refractivity contribution in [2.75, 3.05) is 0 Å². The second kappa shape index (κ2) is 9.26. The van der Waals surface area contributed by atoms with Gasteiger partial charge in [0.2, 0.25) is 0 Å². The van der Waals surface area contributed by atoms with Gasteiger partial charge in [-0.1, -0.05) is 26.8 Å². The van der Waals surface area contributed by atoms with E-state index in [4.69, 9.17) is 13.3 Å². The number of halogens is 2. The van der Waals surface area contributed by atoms with Gasteiger partial charge in [-0.05, 0) is 11.6 Å². The fraction of sp³-hybridized carbons (Fsp3) is 0.438. The van der Waals surface area contributed by atoms with E-state index in [0.29, 0.717) is 6.07 Å². The van der Waals surface area contributed by atoms with Gasteiger partial charge in [0.1, 0.15) is 11.6 Å². The lowest BCUT2D eigenvalue weighted by molar-refractivity contribution is -0.150. The summed E-state index contributed by atoms with van der Waals surface area (Å²) in [5.74, 6) is -4.01. The van der Waals surface area contributed by atoms with Crippen molar-refractivity contribution in [3.05, 3.63) is 35.4 Å². The van der Waals surface area contributed by atoms with Crippen LogP contribution in [0.5, 0.6) is 0 Å². The van der Waals surface area contributed by atoms with Crippen molar-refractivity contribution in [1.29, 1.82) is 0 Å². The van der Waals surface area contributed by atoms with Gasteiger partial charge in [-0.15, -0.1) is 0 Å². The maximum atomic E-state index is 14.0. The minimum absolute atomic E-state index is 0.0615. The molecular weight excluding hydrogens is 354 g/mol. The fourth-order valence-electron chi connectivity index (χ4n) is 1.81. The molecule has 0 N–H and O–H groups in total. The SMILES string of the molecule is CCC(=O)O[Si](Cc1ccc(F)cc1F)(OC(=O)CC)OC(=O)CC. The Hall–Kier alpha value is -2.29. The summed E-state index contributed by atoms with van der Waals surface area (Å²) in [6.07, 6.45) is -0.185. The van der Waals surface area contributed by atoms with E-state index in [1.54, 1.807) is 0 Å². The molecule has 0 amide bonds. The molecule has 0 aliphatic heterocycles. The van der Waals surface area contributed by atoms with Crippen LogP contribution in [0.4, 0.5) is 8.78 Å². The third-order valence-corrected chi connectivity index (χ3v) is 5.53. The topological polar surface area (TPSA) is 78.9 Å². The summed E-state index contributed by atoms with van der Waals surface area (Å²) in [5, 5.41) is 0. The molecule has 1 aromatic carbocycles. The molecule has 25 heavy (non-hydrogen) atoms. The summed E-state index contributed by atoms with van der Waals surface area (Å²) in [7, 11) is -4.25. The van der Waals surface area contributed by atoms with Crippen molar-refractivity contribution < 1.29 is 36.4 Å². The van der Waals surface area contributed by atoms with E-state index in [0.717, 1.165) is 12.1 Å². The van der Waals surface area contributed by atoms with Crippen LogP contribution in [0.25, 0.3) is 0 Å². The predicted octanol–water partition coefficient (Wildman–Crippen LogP) is 2.85. The molecular formula is C16H20F2O6Si. The zero-order valence-corrected chi connectivity index (χ0v) is 15.3. The summed E-state index contributed by atoms with van der Waals surface area (Å²) >= 11 is 0. The maximum absolute atomic E-state index is 14.0. The molecule has 1 aromatic rings. The van der Waals surface area contributed by atoms with Crippen LogP contribution >= 0.6 is 0 Å². The number of benzene rings is 1. The smallest absolute Gasteiger partial charge is 0.455 e. The van der Waals surface area contributed by atoms with Crippen LogP contribution in [0, 0.1) is 11.6 Å². The Kier molecular flexibility index (Phi) is 7.68. The van der Waals surface area contributed by atoms with Gasteiger partial charge in [-0.25, -0.2) is 8.78 Å². The van der Waals surface area contributed by atoms with Crippen molar-refractivity contribution in [3.8, 4) is 0 Å². The Morgan fingerprint density at radius 2 is 1.32 bits per heavy atom. The number of rotatable bonds is 8. The van der Waals surface area contributed by atoms with Gasteiger partial charge in [0.15, 0.2) is 0 Å². The highest BCUT2D eigenvalue weighted by atomic mass is 28.4. The Labute approximate surface area is 145 Å². The predicted molar refractivity (Wildman–Crippen MR) is 85.0 cm³/mol. The van der Waals surface area contributed by atoms with Crippen LogP contribution < -0.4 is 0 Å². The van der Waals surface area contributed by atoms with Gasteiger partial charge in [0.25, 0.3) is 17.9 Å². The first kappa shape index (κ1) is 20.8. The maximum Gasteiger partial charge on any atom is 0.709 e. The highest BCUT2D eigenvalue weighted by Crippen LogP contribution is 2.22. The molecule has 9 heteroatoms. The van der Waals surface area contributed by atoms with E-state index in [1.165, 1.54) is 20.8 Å². The monoisotopic (exact) mass is 374 g/mol. The Morgan fingerprint density at radius 1 is 0.880 bits per heavy atom. The van der Waals surface area contributed by atoms with E-state index in [9.17, 15) is 23.2 Å². The van der Waals surface area contributed by atoms with Crippen LogP contribution in [-0.2, 0) is 33.7 Å². The summed E-state index contributed by atoms with van der Waals surface area (Å²) in [6.45, 7) is 4.51. The van der Waals surface area contributed by atoms with Gasteiger partial charge < -0.3 is 13.3 Å². The van der Waals surface area contributed by atoms with Crippen molar-refractivity contribution in [1.82, 2.24) is 0 Å². The Morgan fingerprint density at radius 3 is 1.68 bits per heavy atom. The molecule has 0 radical (unpaired) electrons. The molecule has 0 spiro atoms. The molecule has 138 valence electrons. The van der Waals surface area contributed by atoms with Crippen LogP contribution in [-0.4, -0.2) is 26.7 Å². The average Bonchev–Trinajstić information content (AvgIpc) is 2.56. The van der Waals surface area contributed by atoms with Gasteiger partial charge in [0, 0.05) is 25.3 Å². The lowest BCUT2D eigenvalue weighted by Gasteiger charge is -2.27. The lowest BCUT2D eigenvalue weighted by atomic mass is 10.2. The van der Waals surface area contributed by atoms with Gasteiger partial charge in [0.05, 0.1) is 6.04 Å². The fourth-order valence-corrected chi connectivity index (χ4v) is 4.37. The minimum Gasteiger partial charge on any atom is -0.455 e. The van der Waals surface area contributed by atoms with Gasteiger partial charge >= 0.3 is 8.80 Å². The number of carbonyl (C=O) groups excluding carboxylic acids is 3. The van der Waals surface area contributed by atoms with Crippen LogP contribution in [0.2, 0.25) is 0 Å². The van der Waals surface area contributed by atoms with Crippen molar-refractivity contribution in [2.24, 2.45) is 0 Å². The molecule has 0 heterocycles. The molecule has 0 unspecified atom stereocenters. The molecule has 0 saturated carbocycles. The van der Waals surface area contributed by atoms with Crippen LogP contribution in [0.15, 0.2) is 18.2 Å². The molecule has 0 saturated heterocycles. The summed E-state index contributed by atoms with van der Waals surface area (Å²) < 4.78 is 42.6. The zero-order chi connectivity index (χ0) is 19.0. The first-order chi connectivity index (χ1) is 11.7. The molecule has 0 aliphatic rings. The molecule has 0 bridgehead atoms. The summed E-state index contributed by atoms with van der Waals surface area (Å²) in [5.41, 5.74) is -0.0928. The number of carbonyl (C=O) groups is 3. The Balaban J connectivity index is 3.29. The summed E-state index contributed by atoms with van der Waals surface area (Å²) in [4.78, 5) is 35.3. The third-order valence-electron chi connectivity index (χ3n) is 3.10. The summed E-state index contributed by atoms with van der Waals surface area (Å²) in [6, 6.07) is 2.29. The van der Waals surface area contributed by atoms with E-state index < -0.39 is 44.4 Å². The molecule has 0 atom stereocenters.